The highest BCUT2D eigenvalue weighted by Gasteiger charge is 2.22. The predicted molar refractivity (Wildman–Crippen MR) is 97.0 cm³/mol. The van der Waals surface area contributed by atoms with Crippen LogP contribution in [0.1, 0.15) is 16.8 Å². The number of rotatable bonds is 4. The lowest BCUT2D eigenvalue weighted by molar-refractivity contribution is -0.133. The fraction of sp³-hybridized carbons (Fsp3) is 0.421. The number of hydrogen-bond acceptors (Lipinski definition) is 5. The molecule has 6 nitrogen and oxygen atoms in total. The van der Waals surface area contributed by atoms with Crippen LogP contribution in [0.5, 0.6) is 5.75 Å². The quantitative estimate of drug-likeness (QED) is 0.853. The first-order valence-electron chi connectivity index (χ1n) is 8.56. The van der Waals surface area contributed by atoms with Gasteiger partial charge in [0.15, 0.2) is 12.4 Å². The van der Waals surface area contributed by atoms with E-state index in [0.717, 1.165) is 41.5 Å². The van der Waals surface area contributed by atoms with Gasteiger partial charge >= 0.3 is 0 Å². The maximum atomic E-state index is 12.4. The summed E-state index contributed by atoms with van der Waals surface area (Å²) in [7, 11) is 0. The van der Waals surface area contributed by atoms with Crippen LogP contribution in [0.4, 0.5) is 5.82 Å². The first-order chi connectivity index (χ1) is 12.0. The van der Waals surface area contributed by atoms with Crippen LogP contribution >= 0.6 is 0 Å². The van der Waals surface area contributed by atoms with Gasteiger partial charge in [0, 0.05) is 26.2 Å². The van der Waals surface area contributed by atoms with Crippen LogP contribution < -0.4 is 9.64 Å². The molecule has 0 atom stereocenters. The Morgan fingerprint density at radius 1 is 1.04 bits per heavy atom. The van der Waals surface area contributed by atoms with Gasteiger partial charge in [0.1, 0.15) is 5.75 Å². The topological polar surface area (TPSA) is 58.6 Å². The van der Waals surface area contributed by atoms with Gasteiger partial charge in [0.25, 0.3) is 5.91 Å². The van der Waals surface area contributed by atoms with E-state index in [-0.39, 0.29) is 12.5 Å². The molecule has 0 saturated carbocycles. The highest BCUT2D eigenvalue weighted by Crippen LogP contribution is 2.19. The predicted octanol–water partition coefficient (Wildman–Crippen LogP) is 2.13. The summed E-state index contributed by atoms with van der Waals surface area (Å²) in [6.45, 7) is 8.86. The first-order valence-corrected chi connectivity index (χ1v) is 8.56. The van der Waals surface area contributed by atoms with Gasteiger partial charge in [-0.1, -0.05) is 12.1 Å². The molecule has 25 heavy (non-hydrogen) atoms. The van der Waals surface area contributed by atoms with E-state index in [1.807, 2.05) is 56.0 Å². The van der Waals surface area contributed by atoms with E-state index in [0.29, 0.717) is 13.1 Å². The summed E-state index contributed by atoms with van der Waals surface area (Å²) in [6, 6.07) is 9.95. The third-order valence-corrected chi connectivity index (χ3v) is 4.43. The van der Waals surface area contributed by atoms with Crippen LogP contribution in [0, 0.1) is 20.8 Å². The third kappa shape index (κ3) is 4.26. The van der Waals surface area contributed by atoms with Gasteiger partial charge in [0.05, 0.1) is 5.69 Å². The number of carbonyl (C=O) groups excluding carboxylic acids is 1. The molecule has 0 unspecified atom stereocenters. The molecule has 1 aromatic carbocycles. The van der Waals surface area contributed by atoms with Crippen LogP contribution in [0.2, 0.25) is 0 Å². The monoisotopic (exact) mass is 340 g/mol. The minimum atomic E-state index is 0.0237. The molecule has 3 rings (SSSR count). The van der Waals surface area contributed by atoms with Crippen LogP contribution in [0.3, 0.4) is 0 Å². The molecule has 1 aliphatic heterocycles. The zero-order valence-corrected chi connectivity index (χ0v) is 15.0. The van der Waals surface area contributed by atoms with Crippen molar-refractivity contribution in [3.05, 3.63) is 47.2 Å². The van der Waals surface area contributed by atoms with Crippen molar-refractivity contribution in [3.8, 4) is 5.75 Å². The average Bonchev–Trinajstić information content (AvgIpc) is 2.63. The second-order valence-corrected chi connectivity index (χ2v) is 6.46. The van der Waals surface area contributed by atoms with Gasteiger partial charge in [-0.05, 0) is 50.1 Å². The lowest BCUT2D eigenvalue weighted by Crippen LogP contribution is -2.50. The SMILES string of the molecule is Cc1ccc(C)c(OCC(=O)N2CCN(c3ccc(C)nn3)CC2)c1. The molecule has 0 bridgehead atoms. The molecule has 1 aromatic heterocycles. The summed E-state index contributed by atoms with van der Waals surface area (Å²) < 4.78 is 5.73. The van der Waals surface area contributed by atoms with Gasteiger partial charge in [-0.15, -0.1) is 5.10 Å². The molecule has 6 heteroatoms. The Morgan fingerprint density at radius 3 is 2.48 bits per heavy atom. The molecular formula is C19H24N4O2. The standard InChI is InChI=1S/C19H24N4O2/c1-14-4-5-15(2)17(12-14)25-13-19(24)23-10-8-22(9-11-23)18-7-6-16(3)20-21-18/h4-7,12H,8-11,13H2,1-3H3. The molecule has 0 N–H and O–H groups in total. The zero-order valence-electron chi connectivity index (χ0n) is 15.0. The van der Waals surface area contributed by atoms with E-state index in [9.17, 15) is 4.79 Å². The molecule has 1 fully saturated rings. The Kier molecular flexibility index (Phi) is 5.16. The minimum absolute atomic E-state index is 0.0237. The van der Waals surface area contributed by atoms with E-state index < -0.39 is 0 Å². The van der Waals surface area contributed by atoms with Crippen molar-refractivity contribution in [1.82, 2.24) is 15.1 Å². The fourth-order valence-corrected chi connectivity index (χ4v) is 2.84. The van der Waals surface area contributed by atoms with E-state index in [2.05, 4.69) is 15.1 Å². The maximum Gasteiger partial charge on any atom is 0.260 e. The third-order valence-electron chi connectivity index (χ3n) is 4.43. The van der Waals surface area contributed by atoms with Crippen molar-refractivity contribution in [2.45, 2.75) is 20.8 Å². The fourth-order valence-electron chi connectivity index (χ4n) is 2.84. The Morgan fingerprint density at radius 2 is 1.80 bits per heavy atom. The van der Waals surface area contributed by atoms with Crippen molar-refractivity contribution >= 4 is 11.7 Å². The van der Waals surface area contributed by atoms with Crippen molar-refractivity contribution in [2.75, 3.05) is 37.7 Å². The van der Waals surface area contributed by atoms with Crippen molar-refractivity contribution < 1.29 is 9.53 Å². The minimum Gasteiger partial charge on any atom is -0.483 e. The Balaban J connectivity index is 1.51. The number of ether oxygens (including phenoxy) is 1. The number of carbonyl (C=O) groups is 1. The van der Waals surface area contributed by atoms with E-state index >= 15 is 0 Å². The molecule has 1 aliphatic rings. The van der Waals surface area contributed by atoms with E-state index in [4.69, 9.17) is 4.74 Å². The van der Waals surface area contributed by atoms with E-state index in [1.54, 1.807) is 0 Å². The summed E-state index contributed by atoms with van der Waals surface area (Å²) in [5.74, 6) is 1.67. The van der Waals surface area contributed by atoms with Crippen molar-refractivity contribution in [1.29, 1.82) is 0 Å². The first kappa shape index (κ1) is 17.2. The number of piperazine rings is 1. The Bertz CT molecular complexity index is 738. The van der Waals surface area contributed by atoms with Crippen LogP contribution in [0.15, 0.2) is 30.3 Å². The van der Waals surface area contributed by atoms with E-state index in [1.165, 1.54) is 0 Å². The summed E-state index contributed by atoms with van der Waals surface area (Å²) in [6.07, 6.45) is 0. The van der Waals surface area contributed by atoms with Crippen LogP contribution in [-0.2, 0) is 4.79 Å². The van der Waals surface area contributed by atoms with Gasteiger partial charge < -0.3 is 14.5 Å². The Hall–Kier alpha value is -2.63. The highest BCUT2D eigenvalue weighted by atomic mass is 16.5. The summed E-state index contributed by atoms with van der Waals surface area (Å²) >= 11 is 0. The summed E-state index contributed by atoms with van der Waals surface area (Å²) in [4.78, 5) is 16.4. The number of hydrogen-bond donors (Lipinski definition) is 0. The molecular weight excluding hydrogens is 316 g/mol. The largest absolute Gasteiger partial charge is 0.483 e. The molecule has 1 saturated heterocycles. The average molecular weight is 340 g/mol. The number of benzene rings is 1. The number of aryl methyl sites for hydroxylation is 3. The van der Waals surface area contributed by atoms with Crippen LogP contribution in [-0.4, -0.2) is 53.8 Å². The van der Waals surface area contributed by atoms with Gasteiger partial charge in [0.2, 0.25) is 0 Å². The second kappa shape index (κ2) is 7.51. The lowest BCUT2D eigenvalue weighted by atomic mass is 10.1. The molecule has 0 spiro atoms. The maximum absolute atomic E-state index is 12.4. The molecule has 0 aliphatic carbocycles. The number of aromatic nitrogens is 2. The van der Waals surface area contributed by atoms with Crippen molar-refractivity contribution in [2.24, 2.45) is 0 Å². The molecule has 2 aromatic rings. The normalized spacial score (nSPS) is 14.5. The molecule has 0 radical (unpaired) electrons. The number of anilines is 1. The highest BCUT2D eigenvalue weighted by molar-refractivity contribution is 5.78. The molecule has 1 amide bonds. The zero-order chi connectivity index (χ0) is 17.8. The Labute approximate surface area is 148 Å². The summed E-state index contributed by atoms with van der Waals surface area (Å²) in [5.41, 5.74) is 3.07. The lowest BCUT2D eigenvalue weighted by Gasteiger charge is -2.35. The molecule has 132 valence electrons. The second-order valence-electron chi connectivity index (χ2n) is 6.46. The number of nitrogens with zero attached hydrogens (tertiary/aromatic N) is 4. The smallest absolute Gasteiger partial charge is 0.260 e. The van der Waals surface area contributed by atoms with Gasteiger partial charge in [-0.2, -0.15) is 5.10 Å². The van der Waals surface area contributed by atoms with Gasteiger partial charge in [-0.3, -0.25) is 4.79 Å². The van der Waals surface area contributed by atoms with Crippen LogP contribution in [0.25, 0.3) is 0 Å². The number of amides is 1. The van der Waals surface area contributed by atoms with Crippen molar-refractivity contribution in [3.63, 3.8) is 0 Å². The summed E-state index contributed by atoms with van der Waals surface area (Å²) in [5, 5.41) is 8.31. The molecule has 2 heterocycles. The van der Waals surface area contributed by atoms with Gasteiger partial charge in [-0.25, -0.2) is 0 Å².